The Labute approximate surface area is 189 Å². The highest BCUT2D eigenvalue weighted by Crippen LogP contribution is 2.39. The molecule has 3 aliphatic rings. The van der Waals surface area contributed by atoms with Crippen LogP contribution >= 0.6 is 0 Å². The standard InChI is InChI=1S/C23H42N4O3S/c1-17(2)21-14-19(18(3)13-20(21)16-25-31(4,29)30)15-23(28)27-11-9-26(10-12-27)22-7-5-6-8-24-22/h13,17,19-22,24-25H,5-12,14-16H2,1-4H3/p+1/t19-,20-,21-,22?/m0/s1. The molecule has 3 rings (SSSR count). The molecule has 8 heteroatoms. The summed E-state index contributed by atoms with van der Waals surface area (Å²) < 4.78 is 25.8. The minimum Gasteiger partial charge on any atom is -0.340 e. The predicted octanol–water partition coefficient (Wildman–Crippen LogP) is 0.998. The number of rotatable bonds is 7. The molecule has 0 aromatic carbocycles. The van der Waals surface area contributed by atoms with Crippen molar-refractivity contribution in [1.82, 2.24) is 14.5 Å². The monoisotopic (exact) mass is 455 g/mol. The van der Waals surface area contributed by atoms with E-state index in [0.29, 0.717) is 31.0 Å². The van der Waals surface area contributed by atoms with E-state index in [4.69, 9.17) is 0 Å². The molecule has 1 amide bonds. The normalized spacial score (nSPS) is 31.0. The van der Waals surface area contributed by atoms with Gasteiger partial charge in [-0.3, -0.25) is 9.69 Å². The second-order valence-electron chi connectivity index (χ2n) is 10.2. The van der Waals surface area contributed by atoms with E-state index in [1.54, 1.807) is 0 Å². The molecule has 4 atom stereocenters. The number of nitrogens with one attached hydrogen (secondary N) is 1. The van der Waals surface area contributed by atoms with Crippen molar-refractivity contribution in [2.75, 3.05) is 45.5 Å². The van der Waals surface area contributed by atoms with E-state index in [-0.39, 0.29) is 17.7 Å². The summed E-state index contributed by atoms with van der Waals surface area (Å²) in [6.45, 7) is 11.8. The minimum atomic E-state index is -3.20. The second-order valence-corrected chi connectivity index (χ2v) is 12.1. The summed E-state index contributed by atoms with van der Waals surface area (Å²) in [5.41, 5.74) is 1.24. The molecule has 0 bridgehead atoms. The van der Waals surface area contributed by atoms with Gasteiger partial charge in [-0.2, -0.15) is 0 Å². The number of quaternary nitrogens is 1. The van der Waals surface area contributed by atoms with E-state index in [0.717, 1.165) is 32.6 Å². The Morgan fingerprint density at radius 1 is 1.23 bits per heavy atom. The summed E-state index contributed by atoms with van der Waals surface area (Å²) in [5.74, 6) is 1.56. The molecular formula is C23H43N4O3S+. The molecule has 1 aliphatic carbocycles. The van der Waals surface area contributed by atoms with Crippen LogP contribution in [0.2, 0.25) is 0 Å². The van der Waals surface area contributed by atoms with Gasteiger partial charge in [-0.05, 0) is 49.9 Å². The zero-order chi connectivity index (χ0) is 22.6. The number of nitrogens with zero attached hydrogens (tertiary/aromatic N) is 2. The zero-order valence-electron chi connectivity index (χ0n) is 19.8. The van der Waals surface area contributed by atoms with Crippen LogP contribution in [0.1, 0.15) is 52.9 Å². The van der Waals surface area contributed by atoms with Crippen LogP contribution in [0.5, 0.6) is 0 Å². The predicted molar refractivity (Wildman–Crippen MR) is 124 cm³/mol. The quantitative estimate of drug-likeness (QED) is 0.561. The Balaban J connectivity index is 1.54. The first kappa shape index (κ1) is 24.7. The third-order valence-corrected chi connectivity index (χ3v) is 8.31. The van der Waals surface area contributed by atoms with E-state index >= 15 is 0 Å². The van der Waals surface area contributed by atoms with Gasteiger partial charge in [0.1, 0.15) is 6.17 Å². The topological polar surface area (TPSA) is 86.3 Å². The van der Waals surface area contributed by atoms with Crippen molar-refractivity contribution in [3.05, 3.63) is 11.6 Å². The molecule has 2 heterocycles. The lowest BCUT2D eigenvalue weighted by Crippen LogP contribution is -2.95. The number of hydrogen-bond donors (Lipinski definition) is 2. The molecule has 2 saturated heterocycles. The molecule has 1 unspecified atom stereocenters. The van der Waals surface area contributed by atoms with E-state index in [1.165, 1.54) is 37.6 Å². The number of sulfonamides is 1. The third-order valence-electron chi connectivity index (χ3n) is 7.61. The van der Waals surface area contributed by atoms with Crippen LogP contribution in [0.4, 0.5) is 0 Å². The lowest BCUT2D eigenvalue weighted by molar-refractivity contribution is -0.717. The highest BCUT2D eigenvalue weighted by Gasteiger charge is 2.35. The highest BCUT2D eigenvalue weighted by atomic mass is 32.2. The molecule has 31 heavy (non-hydrogen) atoms. The summed E-state index contributed by atoms with van der Waals surface area (Å²) in [7, 11) is -3.20. The summed E-state index contributed by atoms with van der Waals surface area (Å²) in [4.78, 5) is 17.7. The Bertz CT molecular complexity index is 738. The molecule has 3 N–H and O–H groups in total. The lowest BCUT2D eigenvalue weighted by atomic mass is 9.70. The maximum absolute atomic E-state index is 13.1. The first-order valence-electron chi connectivity index (χ1n) is 12.1. The lowest BCUT2D eigenvalue weighted by Gasteiger charge is -2.40. The second kappa shape index (κ2) is 10.8. The molecule has 0 aromatic heterocycles. The number of carbonyl (C=O) groups is 1. The van der Waals surface area contributed by atoms with Crippen molar-refractivity contribution < 1.29 is 18.5 Å². The number of allylic oxidation sites excluding steroid dienone is 1. The molecule has 0 aromatic rings. The summed E-state index contributed by atoms with van der Waals surface area (Å²) in [6.07, 6.45) is 9.50. The Morgan fingerprint density at radius 3 is 2.52 bits per heavy atom. The smallest absolute Gasteiger partial charge is 0.223 e. The van der Waals surface area contributed by atoms with Crippen molar-refractivity contribution >= 4 is 15.9 Å². The van der Waals surface area contributed by atoms with E-state index < -0.39 is 10.0 Å². The van der Waals surface area contributed by atoms with Crippen LogP contribution in [0, 0.1) is 23.7 Å². The molecule has 2 fully saturated rings. The molecule has 0 saturated carbocycles. The first-order chi connectivity index (χ1) is 14.6. The average Bonchev–Trinajstić information content (AvgIpc) is 2.73. The van der Waals surface area contributed by atoms with Crippen LogP contribution in [0.15, 0.2) is 11.6 Å². The van der Waals surface area contributed by atoms with E-state index in [9.17, 15) is 13.2 Å². The summed E-state index contributed by atoms with van der Waals surface area (Å²) in [5, 5.41) is 2.47. The number of nitrogens with two attached hydrogens (primary N) is 1. The molecule has 2 aliphatic heterocycles. The SMILES string of the molecule is CC1=C[C@@H](CNS(C)(=O)=O)[C@H](C(C)C)C[C@H]1CC(=O)N1CCN(C2CCCC[NH2+]2)CC1. The number of carbonyl (C=O) groups excluding carboxylic acids is 1. The van der Waals surface area contributed by atoms with Gasteiger partial charge in [-0.25, -0.2) is 13.1 Å². The van der Waals surface area contributed by atoms with E-state index in [1.807, 2.05) is 0 Å². The number of amides is 1. The van der Waals surface area contributed by atoms with Gasteiger partial charge in [-0.15, -0.1) is 0 Å². The highest BCUT2D eigenvalue weighted by molar-refractivity contribution is 7.88. The van der Waals surface area contributed by atoms with Crippen molar-refractivity contribution in [3.8, 4) is 0 Å². The van der Waals surface area contributed by atoms with Crippen LogP contribution in [0.3, 0.4) is 0 Å². The number of piperazine rings is 1. The number of hydrogen-bond acceptors (Lipinski definition) is 4. The largest absolute Gasteiger partial charge is 0.340 e. The summed E-state index contributed by atoms with van der Waals surface area (Å²) >= 11 is 0. The fraction of sp³-hybridized carbons (Fsp3) is 0.870. The van der Waals surface area contributed by atoms with Crippen molar-refractivity contribution in [2.24, 2.45) is 23.7 Å². The molecule has 0 radical (unpaired) electrons. The van der Waals surface area contributed by atoms with Crippen LogP contribution in [0.25, 0.3) is 0 Å². The van der Waals surface area contributed by atoms with Gasteiger partial charge in [0.25, 0.3) is 0 Å². The summed E-state index contributed by atoms with van der Waals surface area (Å²) in [6, 6.07) is 0. The molecule has 0 spiro atoms. The Morgan fingerprint density at radius 2 is 1.94 bits per heavy atom. The average molecular weight is 456 g/mol. The molecule has 178 valence electrons. The van der Waals surface area contributed by atoms with Gasteiger partial charge in [0.2, 0.25) is 15.9 Å². The van der Waals surface area contributed by atoms with Crippen LogP contribution in [-0.2, 0) is 14.8 Å². The molecular weight excluding hydrogens is 412 g/mol. The maximum Gasteiger partial charge on any atom is 0.223 e. The van der Waals surface area contributed by atoms with E-state index in [2.05, 4.69) is 46.7 Å². The van der Waals surface area contributed by atoms with Crippen molar-refractivity contribution in [1.29, 1.82) is 0 Å². The van der Waals surface area contributed by atoms with Crippen molar-refractivity contribution in [3.63, 3.8) is 0 Å². The van der Waals surface area contributed by atoms with Crippen molar-refractivity contribution in [2.45, 2.75) is 59.0 Å². The minimum absolute atomic E-state index is 0.191. The van der Waals surface area contributed by atoms with Gasteiger partial charge >= 0.3 is 0 Å². The Kier molecular flexibility index (Phi) is 8.57. The van der Waals surface area contributed by atoms with Gasteiger partial charge in [0.15, 0.2) is 0 Å². The van der Waals surface area contributed by atoms with Gasteiger partial charge in [-0.1, -0.05) is 25.5 Å². The third kappa shape index (κ3) is 7.01. The van der Waals surface area contributed by atoms with Gasteiger partial charge in [0.05, 0.1) is 12.8 Å². The first-order valence-corrected chi connectivity index (χ1v) is 14.0. The van der Waals surface area contributed by atoms with Crippen LogP contribution < -0.4 is 10.0 Å². The van der Waals surface area contributed by atoms with Crippen LogP contribution in [-0.4, -0.2) is 75.8 Å². The van der Waals surface area contributed by atoms with Gasteiger partial charge < -0.3 is 10.2 Å². The maximum atomic E-state index is 13.1. The zero-order valence-corrected chi connectivity index (χ0v) is 20.7. The number of piperidine rings is 1. The fourth-order valence-corrected chi connectivity index (χ4v) is 6.15. The molecule has 7 nitrogen and oxygen atoms in total. The fourth-order valence-electron chi connectivity index (χ4n) is 5.66. The Hall–Kier alpha value is -0.960. The van der Waals surface area contributed by atoms with Gasteiger partial charge in [0, 0.05) is 45.6 Å².